The van der Waals surface area contributed by atoms with E-state index < -0.39 is 0 Å². The molecule has 0 saturated heterocycles. The van der Waals surface area contributed by atoms with Crippen LogP contribution < -0.4 is 11.3 Å². The van der Waals surface area contributed by atoms with Crippen molar-refractivity contribution in [1.82, 2.24) is 14.9 Å². The maximum absolute atomic E-state index is 11.9. The third kappa shape index (κ3) is 2.48. The topological polar surface area (TPSA) is 75.0 Å². The molecule has 2 aromatic heterocycles. The van der Waals surface area contributed by atoms with Gasteiger partial charge >= 0.3 is 0 Å². The summed E-state index contributed by atoms with van der Waals surface area (Å²) in [6, 6.07) is 2.24. The van der Waals surface area contributed by atoms with E-state index in [4.69, 9.17) is 5.73 Å². The number of fused-ring (bicyclic) bond motifs is 1. The van der Waals surface area contributed by atoms with E-state index in [1.54, 1.807) is 0 Å². The second kappa shape index (κ2) is 5.03. The number of aromatic nitrogens is 2. The summed E-state index contributed by atoms with van der Waals surface area (Å²) in [4.78, 5) is 23.8. The fourth-order valence-electron chi connectivity index (χ4n) is 2.58. The van der Waals surface area contributed by atoms with E-state index in [9.17, 15) is 4.79 Å². The number of hydrogen-bond acceptors (Lipinski definition) is 5. The standard InChI is InChI=1S/C14H18N4OS/c1-8-5-10(20-9(8)2)6-18-4-3-12-11(7-18)13(19)17-14(15)16-12/h5H,3-4,6-7H2,1-2H3,(H3,15,16,17,19). The van der Waals surface area contributed by atoms with Gasteiger partial charge in [-0.2, -0.15) is 0 Å². The highest BCUT2D eigenvalue weighted by Gasteiger charge is 2.21. The Kier molecular flexibility index (Phi) is 3.35. The molecule has 0 amide bonds. The molecule has 1 aliphatic heterocycles. The van der Waals surface area contributed by atoms with Gasteiger partial charge in [0, 0.05) is 35.8 Å². The molecule has 5 nitrogen and oxygen atoms in total. The van der Waals surface area contributed by atoms with Crippen molar-refractivity contribution in [2.45, 2.75) is 33.4 Å². The smallest absolute Gasteiger partial charge is 0.257 e. The molecule has 0 unspecified atom stereocenters. The van der Waals surface area contributed by atoms with Crippen LogP contribution in [0.15, 0.2) is 10.9 Å². The highest BCUT2D eigenvalue weighted by atomic mass is 32.1. The zero-order chi connectivity index (χ0) is 14.3. The van der Waals surface area contributed by atoms with E-state index in [2.05, 4.69) is 34.8 Å². The first-order valence-electron chi connectivity index (χ1n) is 6.68. The van der Waals surface area contributed by atoms with Gasteiger partial charge in [0.2, 0.25) is 5.95 Å². The van der Waals surface area contributed by atoms with Gasteiger partial charge in [0.1, 0.15) is 0 Å². The number of H-pyrrole nitrogens is 1. The number of aryl methyl sites for hydroxylation is 2. The molecule has 6 heteroatoms. The van der Waals surface area contributed by atoms with Gasteiger partial charge in [0.15, 0.2) is 0 Å². The predicted molar refractivity (Wildman–Crippen MR) is 80.9 cm³/mol. The molecule has 0 aliphatic carbocycles. The maximum Gasteiger partial charge on any atom is 0.257 e. The summed E-state index contributed by atoms with van der Waals surface area (Å²) in [7, 11) is 0. The number of hydrogen-bond donors (Lipinski definition) is 2. The molecule has 20 heavy (non-hydrogen) atoms. The number of nitrogens with one attached hydrogen (secondary N) is 1. The number of thiophene rings is 1. The van der Waals surface area contributed by atoms with E-state index in [0.29, 0.717) is 6.54 Å². The molecular formula is C14H18N4OS. The van der Waals surface area contributed by atoms with Crippen LogP contribution in [0.5, 0.6) is 0 Å². The minimum Gasteiger partial charge on any atom is -0.369 e. The fourth-order valence-corrected chi connectivity index (χ4v) is 3.68. The average Bonchev–Trinajstić information content (AvgIpc) is 2.69. The van der Waals surface area contributed by atoms with Crippen molar-refractivity contribution < 1.29 is 0 Å². The fraction of sp³-hybridized carbons (Fsp3) is 0.429. The Morgan fingerprint density at radius 1 is 1.50 bits per heavy atom. The van der Waals surface area contributed by atoms with Crippen LogP contribution >= 0.6 is 11.3 Å². The lowest BCUT2D eigenvalue weighted by Gasteiger charge is -2.26. The lowest BCUT2D eigenvalue weighted by molar-refractivity contribution is 0.244. The third-order valence-corrected chi connectivity index (χ3v) is 4.90. The van der Waals surface area contributed by atoms with Gasteiger partial charge in [-0.05, 0) is 25.5 Å². The van der Waals surface area contributed by atoms with Gasteiger partial charge < -0.3 is 5.73 Å². The first kappa shape index (κ1) is 13.3. The summed E-state index contributed by atoms with van der Waals surface area (Å²) >= 11 is 1.83. The second-order valence-corrected chi connectivity index (χ2v) is 6.63. The number of nitrogen functional groups attached to an aromatic ring is 1. The van der Waals surface area contributed by atoms with Gasteiger partial charge in [-0.1, -0.05) is 0 Å². The summed E-state index contributed by atoms with van der Waals surface area (Å²) in [6.45, 7) is 6.74. The van der Waals surface area contributed by atoms with E-state index in [1.807, 2.05) is 11.3 Å². The van der Waals surface area contributed by atoms with Crippen LogP contribution in [-0.2, 0) is 19.5 Å². The first-order valence-corrected chi connectivity index (χ1v) is 7.50. The molecule has 0 radical (unpaired) electrons. The Morgan fingerprint density at radius 3 is 3.00 bits per heavy atom. The van der Waals surface area contributed by atoms with Gasteiger partial charge in [-0.3, -0.25) is 14.7 Å². The van der Waals surface area contributed by atoms with Crippen LogP contribution in [-0.4, -0.2) is 21.4 Å². The van der Waals surface area contributed by atoms with Crippen LogP contribution in [0, 0.1) is 13.8 Å². The number of nitrogens with zero attached hydrogens (tertiary/aromatic N) is 2. The SMILES string of the molecule is Cc1cc(CN2CCc3nc(N)[nH]c(=O)c3C2)sc1C. The molecule has 0 spiro atoms. The summed E-state index contributed by atoms with van der Waals surface area (Å²) in [6.07, 6.45) is 0.785. The third-order valence-electron chi connectivity index (χ3n) is 3.76. The van der Waals surface area contributed by atoms with Crippen LogP contribution in [0.2, 0.25) is 0 Å². The molecule has 0 atom stereocenters. The molecule has 0 bridgehead atoms. The van der Waals surface area contributed by atoms with Crippen LogP contribution in [0.25, 0.3) is 0 Å². The Bertz CT molecular complexity index is 684. The summed E-state index contributed by atoms with van der Waals surface area (Å²) in [5.74, 6) is 0.215. The van der Waals surface area contributed by atoms with Gasteiger partial charge in [-0.25, -0.2) is 4.98 Å². The molecule has 3 heterocycles. The average molecular weight is 290 g/mol. The quantitative estimate of drug-likeness (QED) is 0.880. The molecule has 0 fully saturated rings. The molecule has 0 saturated carbocycles. The molecule has 3 N–H and O–H groups in total. The molecule has 2 aromatic rings. The van der Waals surface area contributed by atoms with Crippen molar-refractivity contribution in [2.75, 3.05) is 12.3 Å². The highest BCUT2D eigenvalue weighted by molar-refractivity contribution is 7.12. The number of nitrogens with two attached hydrogens (primary N) is 1. The van der Waals surface area contributed by atoms with Crippen LogP contribution in [0.3, 0.4) is 0 Å². The van der Waals surface area contributed by atoms with Crippen molar-refractivity contribution in [2.24, 2.45) is 0 Å². The highest BCUT2D eigenvalue weighted by Crippen LogP contribution is 2.24. The summed E-state index contributed by atoms with van der Waals surface area (Å²) in [5, 5.41) is 0. The minimum absolute atomic E-state index is 0.101. The molecule has 1 aliphatic rings. The first-order chi connectivity index (χ1) is 9.52. The van der Waals surface area contributed by atoms with Crippen molar-refractivity contribution in [1.29, 1.82) is 0 Å². The van der Waals surface area contributed by atoms with Crippen molar-refractivity contribution in [3.8, 4) is 0 Å². The molecule has 3 rings (SSSR count). The zero-order valence-corrected chi connectivity index (χ0v) is 12.5. The van der Waals surface area contributed by atoms with Gasteiger partial charge in [0.25, 0.3) is 5.56 Å². The lowest BCUT2D eigenvalue weighted by Crippen LogP contribution is -2.35. The Labute approximate surface area is 121 Å². The van der Waals surface area contributed by atoms with Crippen molar-refractivity contribution in [3.63, 3.8) is 0 Å². The van der Waals surface area contributed by atoms with E-state index in [1.165, 1.54) is 15.3 Å². The largest absolute Gasteiger partial charge is 0.369 e. The van der Waals surface area contributed by atoms with Gasteiger partial charge in [0.05, 0.1) is 11.3 Å². The van der Waals surface area contributed by atoms with E-state index in [-0.39, 0.29) is 11.5 Å². The molecule has 106 valence electrons. The van der Waals surface area contributed by atoms with E-state index in [0.717, 1.165) is 30.8 Å². The normalized spacial score (nSPS) is 15.3. The Hall–Kier alpha value is -1.66. The summed E-state index contributed by atoms with van der Waals surface area (Å²) < 4.78 is 0. The Morgan fingerprint density at radius 2 is 2.30 bits per heavy atom. The molecular weight excluding hydrogens is 272 g/mol. The van der Waals surface area contributed by atoms with E-state index >= 15 is 0 Å². The lowest BCUT2D eigenvalue weighted by atomic mass is 10.1. The number of rotatable bonds is 2. The second-order valence-electron chi connectivity index (χ2n) is 5.29. The summed E-state index contributed by atoms with van der Waals surface area (Å²) in [5.41, 5.74) is 8.43. The maximum atomic E-state index is 11.9. The van der Waals surface area contributed by atoms with Crippen LogP contribution in [0.1, 0.15) is 26.6 Å². The molecule has 0 aromatic carbocycles. The number of anilines is 1. The van der Waals surface area contributed by atoms with Crippen LogP contribution in [0.4, 0.5) is 5.95 Å². The predicted octanol–water partition coefficient (Wildman–Crippen LogP) is 1.59. The minimum atomic E-state index is -0.101. The van der Waals surface area contributed by atoms with Crippen molar-refractivity contribution in [3.05, 3.63) is 43.0 Å². The zero-order valence-electron chi connectivity index (χ0n) is 11.7. The van der Waals surface area contributed by atoms with Gasteiger partial charge in [-0.15, -0.1) is 11.3 Å². The Balaban J connectivity index is 1.80. The van der Waals surface area contributed by atoms with Crippen molar-refractivity contribution >= 4 is 17.3 Å². The monoisotopic (exact) mass is 290 g/mol. The number of aromatic amines is 1.